The Balaban J connectivity index is 1.66. The number of piperazine rings is 1. The lowest BCUT2D eigenvalue weighted by molar-refractivity contribution is -0.134. The fourth-order valence-electron chi connectivity index (χ4n) is 3.92. The molecule has 29 heavy (non-hydrogen) atoms. The van der Waals surface area contributed by atoms with Gasteiger partial charge in [0.05, 0.1) is 27.5 Å². The average molecular weight is 412 g/mol. The first kappa shape index (κ1) is 19.5. The number of para-hydroxylation sites is 1. The van der Waals surface area contributed by atoms with Gasteiger partial charge in [0.1, 0.15) is 0 Å². The Kier molecular flexibility index (Phi) is 5.04. The molecule has 4 rings (SSSR count). The molecule has 0 N–H and O–H groups in total. The van der Waals surface area contributed by atoms with Crippen molar-refractivity contribution in [2.24, 2.45) is 5.92 Å². The van der Waals surface area contributed by atoms with E-state index in [4.69, 9.17) is 11.6 Å². The average Bonchev–Trinajstić information content (AvgIpc) is 2.98. The number of fused-ring (bicyclic) bond motifs is 1. The quantitative estimate of drug-likeness (QED) is 0.726. The van der Waals surface area contributed by atoms with Crippen molar-refractivity contribution in [2.75, 3.05) is 36.0 Å². The van der Waals surface area contributed by atoms with Crippen molar-refractivity contribution in [3.05, 3.63) is 58.6 Å². The normalized spacial score (nSPS) is 16.6. The molecule has 6 nitrogen and oxygen atoms in total. The Labute approximate surface area is 174 Å². The second kappa shape index (κ2) is 7.52. The SMILES string of the molecule is CC(C)C(=O)N1CCN(c2c(Cl)cccc2N2C(=O)c3ccccc3C2=O)CC1. The molecule has 1 saturated heterocycles. The van der Waals surface area contributed by atoms with Crippen molar-refractivity contribution in [1.82, 2.24) is 4.90 Å². The largest absolute Gasteiger partial charge is 0.365 e. The third-order valence-corrected chi connectivity index (χ3v) is 5.71. The zero-order chi connectivity index (χ0) is 20.7. The maximum Gasteiger partial charge on any atom is 0.266 e. The van der Waals surface area contributed by atoms with Crippen molar-refractivity contribution >= 4 is 40.7 Å². The van der Waals surface area contributed by atoms with Gasteiger partial charge in [0.25, 0.3) is 11.8 Å². The molecule has 0 unspecified atom stereocenters. The highest BCUT2D eigenvalue weighted by molar-refractivity contribution is 6.38. The molecule has 2 aromatic rings. The van der Waals surface area contributed by atoms with Gasteiger partial charge in [-0.15, -0.1) is 0 Å². The van der Waals surface area contributed by atoms with Gasteiger partial charge in [-0.3, -0.25) is 14.4 Å². The third kappa shape index (κ3) is 3.27. The lowest BCUT2D eigenvalue weighted by Crippen LogP contribution is -2.50. The summed E-state index contributed by atoms with van der Waals surface area (Å²) in [5.74, 6) is -0.606. The first-order valence-corrected chi connectivity index (χ1v) is 10.1. The summed E-state index contributed by atoms with van der Waals surface area (Å²) in [7, 11) is 0. The molecule has 0 radical (unpaired) electrons. The number of anilines is 2. The molecule has 0 saturated carbocycles. The first-order chi connectivity index (χ1) is 13.9. The van der Waals surface area contributed by atoms with Crippen LogP contribution in [0.5, 0.6) is 0 Å². The molecule has 7 heteroatoms. The molecule has 0 atom stereocenters. The summed E-state index contributed by atoms with van der Waals surface area (Å²) in [6.07, 6.45) is 0. The molecule has 0 spiro atoms. The first-order valence-electron chi connectivity index (χ1n) is 9.70. The van der Waals surface area contributed by atoms with Crippen LogP contribution in [0.1, 0.15) is 34.6 Å². The van der Waals surface area contributed by atoms with Gasteiger partial charge in [0.2, 0.25) is 5.91 Å². The van der Waals surface area contributed by atoms with Crippen molar-refractivity contribution in [1.29, 1.82) is 0 Å². The summed E-state index contributed by atoms with van der Waals surface area (Å²) in [4.78, 5) is 43.3. The van der Waals surface area contributed by atoms with Crippen molar-refractivity contribution < 1.29 is 14.4 Å². The number of carbonyl (C=O) groups excluding carboxylic acids is 3. The molecular weight excluding hydrogens is 390 g/mol. The van der Waals surface area contributed by atoms with Gasteiger partial charge >= 0.3 is 0 Å². The Bertz CT molecular complexity index is 962. The highest BCUT2D eigenvalue weighted by atomic mass is 35.5. The van der Waals surface area contributed by atoms with Crippen LogP contribution in [0.3, 0.4) is 0 Å². The monoisotopic (exact) mass is 411 g/mol. The van der Waals surface area contributed by atoms with Crippen LogP contribution in [-0.4, -0.2) is 48.8 Å². The van der Waals surface area contributed by atoms with E-state index in [1.54, 1.807) is 42.5 Å². The van der Waals surface area contributed by atoms with Crippen LogP contribution in [0.2, 0.25) is 5.02 Å². The summed E-state index contributed by atoms with van der Waals surface area (Å²) in [5.41, 5.74) is 1.93. The summed E-state index contributed by atoms with van der Waals surface area (Å²) in [6.45, 7) is 6.09. The molecular formula is C22H22ClN3O3. The van der Waals surface area contributed by atoms with E-state index in [1.807, 2.05) is 23.6 Å². The van der Waals surface area contributed by atoms with E-state index in [0.717, 1.165) is 0 Å². The fraction of sp³-hybridized carbons (Fsp3) is 0.318. The summed E-state index contributed by atoms with van der Waals surface area (Å²) >= 11 is 6.53. The standard InChI is InChI=1S/C22H22ClN3O3/c1-14(2)20(27)25-12-10-24(11-13-25)19-17(23)8-5-9-18(19)26-21(28)15-6-3-4-7-16(15)22(26)29/h3-9,14H,10-13H2,1-2H3. The lowest BCUT2D eigenvalue weighted by atomic mass is 10.1. The number of rotatable bonds is 3. The molecule has 0 bridgehead atoms. The molecule has 2 aliphatic rings. The minimum atomic E-state index is -0.345. The second-order valence-electron chi connectivity index (χ2n) is 7.57. The molecule has 0 aromatic heterocycles. The van der Waals surface area contributed by atoms with Crippen LogP contribution < -0.4 is 9.80 Å². The predicted octanol–water partition coefficient (Wildman–Crippen LogP) is 3.45. The summed E-state index contributed by atoms with van der Waals surface area (Å²) in [6, 6.07) is 12.1. The van der Waals surface area contributed by atoms with Gasteiger partial charge < -0.3 is 9.80 Å². The van der Waals surface area contributed by atoms with Gasteiger partial charge in [-0.2, -0.15) is 0 Å². The van der Waals surface area contributed by atoms with E-state index >= 15 is 0 Å². The van der Waals surface area contributed by atoms with Crippen LogP contribution in [0, 0.1) is 5.92 Å². The van der Waals surface area contributed by atoms with Gasteiger partial charge in [-0.1, -0.05) is 43.6 Å². The number of nitrogens with zero attached hydrogens (tertiary/aromatic N) is 3. The summed E-state index contributed by atoms with van der Waals surface area (Å²) in [5, 5.41) is 0.475. The smallest absolute Gasteiger partial charge is 0.266 e. The molecule has 2 aliphatic heterocycles. The fourth-order valence-corrected chi connectivity index (χ4v) is 4.21. The van der Waals surface area contributed by atoms with Gasteiger partial charge in [-0.05, 0) is 24.3 Å². The molecule has 150 valence electrons. The van der Waals surface area contributed by atoms with Crippen LogP contribution >= 0.6 is 11.6 Å². The van der Waals surface area contributed by atoms with Gasteiger partial charge in [0, 0.05) is 32.1 Å². The Morgan fingerprint density at radius 2 is 1.48 bits per heavy atom. The number of halogens is 1. The minimum absolute atomic E-state index is 0.0456. The van der Waals surface area contributed by atoms with Crippen LogP contribution in [0.25, 0.3) is 0 Å². The number of carbonyl (C=O) groups is 3. The van der Waals surface area contributed by atoms with E-state index in [9.17, 15) is 14.4 Å². The highest BCUT2D eigenvalue weighted by Gasteiger charge is 2.38. The minimum Gasteiger partial charge on any atom is -0.365 e. The van der Waals surface area contributed by atoms with Crippen LogP contribution in [0.4, 0.5) is 11.4 Å². The molecule has 1 fully saturated rings. The second-order valence-corrected chi connectivity index (χ2v) is 7.97. The van der Waals surface area contributed by atoms with Crippen LogP contribution in [0.15, 0.2) is 42.5 Å². The van der Waals surface area contributed by atoms with E-state index in [-0.39, 0.29) is 23.6 Å². The van der Waals surface area contributed by atoms with Gasteiger partial charge in [0.15, 0.2) is 0 Å². The maximum atomic E-state index is 13.0. The van der Waals surface area contributed by atoms with Crippen molar-refractivity contribution in [3.63, 3.8) is 0 Å². The zero-order valence-corrected chi connectivity index (χ0v) is 17.1. The highest BCUT2D eigenvalue weighted by Crippen LogP contribution is 2.40. The zero-order valence-electron chi connectivity index (χ0n) is 16.4. The third-order valence-electron chi connectivity index (χ3n) is 5.40. The maximum absolute atomic E-state index is 13.0. The van der Waals surface area contributed by atoms with Crippen LogP contribution in [-0.2, 0) is 4.79 Å². The van der Waals surface area contributed by atoms with E-state index < -0.39 is 0 Å². The molecule has 2 aromatic carbocycles. The predicted molar refractivity (Wildman–Crippen MR) is 113 cm³/mol. The van der Waals surface area contributed by atoms with Gasteiger partial charge in [-0.25, -0.2) is 4.90 Å². The number of hydrogen-bond donors (Lipinski definition) is 0. The Morgan fingerprint density at radius 1 is 0.897 bits per heavy atom. The number of imide groups is 1. The number of hydrogen-bond acceptors (Lipinski definition) is 4. The van der Waals surface area contributed by atoms with E-state index in [0.29, 0.717) is 53.7 Å². The van der Waals surface area contributed by atoms with Crippen molar-refractivity contribution in [2.45, 2.75) is 13.8 Å². The number of amides is 3. The lowest BCUT2D eigenvalue weighted by Gasteiger charge is -2.38. The van der Waals surface area contributed by atoms with Crippen molar-refractivity contribution in [3.8, 4) is 0 Å². The van der Waals surface area contributed by atoms with E-state index in [1.165, 1.54) is 4.90 Å². The Hall–Kier alpha value is -2.86. The summed E-state index contributed by atoms with van der Waals surface area (Å²) < 4.78 is 0. The molecule has 2 heterocycles. The Morgan fingerprint density at radius 3 is 2.03 bits per heavy atom. The topological polar surface area (TPSA) is 60.9 Å². The van der Waals surface area contributed by atoms with E-state index in [2.05, 4.69) is 0 Å². The molecule has 3 amide bonds. The molecule has 0 aliphatic carbocycles. The number of benzene rings is 2.